The van der Waals surface area contributed by atoms with Crippen LogP contribution in [0.5, 0.6) is 0 Å². The lowest BCUT2D eigenvalue weighted by Crippen LogP contribution is -2.37. The predicted molar refractivity (Wildman–Crippen MR) is 299 cm³/mol. The Kier molecular flexibility index (Phi) is 18.3. The molecule has 19 atom stereocenters. The monoisotopic (exact) mass is 1380 g/mol. The summed E-state index contributed by atoms with van der Waals surface area (Å²) in [6.45, 7) is -3.06. The van der Waals surface area contributed by atoms with Crippen molar-refractivity contribution in [1.29, 1.82) is 0 Å². The van der Waals surface area contributed by atoms with E-state index in [-0.39, 0.29) is 67.9 Å². The fraction of sp³-hybridized carbons (Fsp3) is 0.535. The summed E-state index contributed by atoms with van der Waals surface area (Å²) in [6, 6.07) is 0. The number of ether oxygens (including phenoxy) is 7. The van der Waals surface area contributed by atoms with Crippen LogP contribution in [0.4, 0.5) is 23.3 Å². The minimum atomic E-state index is -5.13. The Morgan fingerprint density at radius 2 is 0.652 bits per heavy atom. The Labute approximate surface area is 512 Å². The van der Waals surface area contributed by atoms with Gasteiger partial charge in [-0.25, -0.2) is 64.4 Å². The van der Waals surface area contributed by atoms with E-state index in [1.165, 1.54) is 20.0 Å². The van der Waals surface area contributed by atoms with E-state index in [1.807, 2.05) is 0 Å². The minimum absolute atomic E-state index is 0.000262. The fourth-order valence-corrected chi connectivity index (χ4v) is 13.9. The van der Waals surface area contributed by atoms with E-state index >= 15 is 0 Å². The molecule has 0 spiro atoms. The number of anilines is 4. The van der Waals surface area contributed by atoms with Gasteiger partial charge < -0.3 is 106 Å². The van der Waals surface area contributed by atoms with E-state index in [2.05, 4.69) is 64.3 Å². The smallest absolute Gasteiger partial charge is 0.387 e. The quantitative estimate of drug-likeness (QED) is 0.0241. The Bertz CT molecular complexity index is 4210. The number of phosphoric ester groups is 1. The molecule has 8 aromatic rings. The van der Waals surface area contributed by atoms with E-state index in [1.54, 1.807) is 0 Å². The van der Waals surface area contributed by atoms with E-state index in [0.717, 1.165) is 48.9 Å². The van der Waals surface area contributed by atoms with Gasteiger partial charge in [0.15, 0.2) is 70.8 Å². The Morgan fingerprint density at radius 3 is 0.957 bits per heavy atom. The summed E-state index contributed by atoms with van der Waals surface area (Å²) >= 11 is 0. The molecule has 45 nitrogen and oxygen atoms in total. The summed E-state index contributed by atoms with van der Waals surface area (Å²) in [5.41, 5.74) is 24.3. The van der Waals surface area contributed by atoms with E-state index in [9.17, 15) is 68.3 Å². The maximum Gasteiger partial charge on any atom is 0.469 e. The molecule has 0 bridgehead atoms. The van der Waals surface area contributed by atoms with Gasteiger partial charge in [0, 0.05) is 0 Å². The number of nitrogens with two attached hydrogens (primary N) is 4. The first-order valence-corrected chi connectivity index (χ1v) is 33.7. The van der Waals surface area contributed by atoms with Gasteiger partial charge in [-0.3, -0.25) is 50.1 Å². The number of phosphoric acid groups is 1. The molecule has 4 fully saturated rings. The summed E-state index contributed by atoms with van der Waals surface area (Å²) in [7, 11) is -20.3. The van der Waals surface area contributed by atoms with Crippen molar-refractivity contribution in [1.82, 2.24) is 78.1 Å². The van der Waals surface area contributed by atoms with Crippen molar-refractivity contribution < 1.29 is 120 Å². The maximum atomic E-state index is 14.1. The lowest BCUT2D eigenvalue weighted by atomic mass is 10.1. The van der Waals surface area contributed by atoms with Crippen LogP contribution in [0.2, 0.25) is 0 Å². The second-order valence-electron chi connectivity index (χ2n) is 21.0. The third kappa shape index (κ3) is 13.2. The van der Waals surface area contributed by atoms with Crippen LogP contribution in [-0.2, 0) is 69.5 Å². The molecule has 3 unspecified atom stereocenters. The van der Waals surface area contributed by atoms with Crippen LogP contribution < -0.4 is 22.9 Å². The SMILES string of the molecule is Nc1ncnc2c1ncn2[C@@H]1O[C@H](COCP(=O)(O)O[C@@H]2[C@H](O)[C@@H](COCP(=O)(O)O[C@@H]3[C@H](O)[C@@H](COCP(=O)(O)O[C@@H]4[C@H](O)[C@@H](COP(=O)(O)O)O[C@H]4n4cnc5c(N)ncnc54)O[C@H]3n3cnc4c(N)ncnc43)O[C@H]2n2cnc3c(N)ncnc32)[C@@H](O)[C@H]1O. The number of nitrogen functional groups attached to an aromatic ring is 4. The van der Waals surface area contributed by atoms with Crippen LogP contribution in [0.1, 0.15) is 24.9 Å². The van der Waals surface area contributed by atoms with Gasteiger partial charge in [-0.15, -0.1) is 0 Å². The summed E-state index contributed by atoms with van der Waals surface area (Å²) in [4.78, 5) is 101. The first-order valence-electron chi connectivity index (χ1n) is 26.8. The van der Waals surface area contributed by atoms with Crippen LogP contribution >= 0.6 is 30.6 Å². The van der Waals surface area contributed by atoms with Gasteiger partial charge in [-0.1, -0.05) is 0 Å². The molecule has 18 N–H and O–H groups in total. The molecule has 0 radical (unpaired) electrons. The number of fused-ring (bicyclic) bond motifs is 4. The summed E-state index contributed by atoms with van der Waals surface area (Å²) in [6.07, 6.45) is -20.8. The van der Waals surface area contributed by atoms with E-state index < -0.39 is 174 Å². The predicted octanol–water partition coefficient (Wildman–Crippen LogP) is -4.19. The fourth-order valence-electron chi connectivity index (χ4n) is 10.6. The number of aliphatic hydroxyl groups excluding tert-OH is 5. The Morgan fingerprint density at radius 1 is 0.380 bits per heavy atom. The molecule has 498 valence electrons. The third-order valence-electron chi connectivity index (χ3n) is 14.8. The van der Waals surface area contributed by atoms with Crippen LogP contribution in [-0.4, -0.2) is 247 Å². The first kappa shape index (κ1) is 65.5. The highest BCUT2D eigenvalue weighted by Gasteiger charge is 2.54. The molecule has 4 aliphatic rings. The van der Waals surface area contributed by atoms with Gasteiger partial charge in [0.25, 0.3) is 0 Å². The van der Waals surface area contributed by atoms with Crippen molar-refractivity contribution in [3.8, 4) is 0 Å². The van der Waals surface area contributed by atoms with Gasteiger partial charge in [0.05, 0.1) is 51.7 Å². The van der Waals surface area contributed by atoms with Crippen molar-refractivity contribution in [2.75, 3.05) is 68.4 Å². The molecule has 12 heterocycles. The summed E-state index contributed by atoms with van der Waals surface area (Å²) < 4.78 is 120. The normalized spacial score (nSPS) is 30.7. The zero-order valence-electron chi connectivity index (χ0n) is 46.7. The standard InChI is InChI=1S/C43H56N20O25P4/c44-32-20-36(52-5-48-32)60(9-56-20)40-28(68)24(64)16(82-40)1-78-13-89(69,70)86-29-25(65)17(83-41(29)61-10-57-21-33(45)49-6-53-37(21)61)2-79-14-90(71,72)87-30-26(66)18(84-42(30)62-11-58-22-34(46)50-7-54-38(22)62)3-80-15-91(73,74)88-31-27(67)19(4-81-92(75,76)77)85-43(31)63-12-59-23-35(47)51-8-55-39(23)63/h5-12,16-19,24-31,40-43,64-68H,1-4,13-15H2,(H,69,70)(H,71,72)(H,73,74)(H2,44,48,52)(H2,45,49,53)(H2,46,50,54)(H2,47,51,55)(H2,75,76,77)/t16-,17-,18-,19-,24-,25-,26-,27-,28-,29-,30-,31-,40-,41-,42-,43-/m1/s1. The van der Waals surface area contributed by atoms with Crippen molar-refractivity contribution in [3.05, 3.63) is 50.6 Å². The van der Waals surface area contributed by atoms with Gasteiger partial charge in [0.2, 0.25) is 0 Å². The zero-order chi connectivity index (χ0) is 65.3. The number of aromatic nitrogens is 16. The molecule has 8 aromatic heterocycles. The van der Waals surface area contributed by atoms with Gasteiger partial charge in [-0.2, -0.15) is 0 Å². The molecule has 92 heavy (non-hydrogen) atoms. The molecular formula is C43H56N20O25P4. The molecule has 4 saturated heterocycles. The van der Waals surface area contributed by atoms with Crippen molar-refractivity contribution in [2.45, 2.75) is 98.2 Å². The lowest BCUT2D eigenvalue weighted by Gasteiger charge is -2.25. The minimum Gasteiger partial charge on any atom is -0.387 e. The number of hydrogen-bond acceptors (Lipinski definition) is 36. The molecule has 0 saturated carbocycles. The number of imidazole rings is 4. The number of nitrogens with zero attached hydrogens (tertiary/aromatic N) is 16. The summed E-state index contributed by atoms with van der Waals surface area (Å²) in [5.74, 6) is -0.207. The summed E-state index contributed by atoms with van der Waals surface area (Å²) in [5, 5.41) is 56.6. The topological polar surface area (TPSA) is 651 Å². The number of aliphatic hydroxyl groups is 5. The van der Waals surface area contributed by atoms with Gasteiger partial charge >= 0.3 is 30.6 Å². The second kappa shape index (κ2) is 25.7. The van der Waals surface area contributed by atoms with Crippen molar-refractivity contribution in [3.63, 3.8) is 0 Å². The maximum absolute atomic E-state index is 14.1. The van der Waals surface area contributed by atoms with E-state index in [0.29, 0.717) is 0 Å². The van der Waals surface area contributed by atoms with Crippen LogP contribution in [0.15, 0.2) is 50.6 Å². The van der Waals surface area contributed by atoms with Crippen LogP contribution in [0.25, 0.3) is 44.7 Å². The average molecular weight is 1380 g/mol. The van der Waals surface area contributed by atoms with E-state index in [4.69, 9.17) is 69.7 Å². The molecule has 0 aromatic carbocycles. The Balaban J connectivity index is 0.706. The van der Waals surface area contributed by atoms with Crippen molar-refractivity contribution >= 4 is 98.5 Å². The molecule has 49 heteroatoms. The molecule has 12 rings (SSSR count). The largest absolute Gasteiger partial charge is 0.469 e. The molecule has 0 aliphatic carbocycles. The second-order valence-corrected chi connectivity index (χ2v) is 27.4. The molecular weight excluding hydrogens is 1320 g/mol. The van der Waals surface area contributed by atoms with Crippen LogP contribution in [0.3, 0.4) is 0 Å². The number of rotatable bonds is 25. The zero-order valence-corrected chi connectivity index (χ0v) is 50.2. The first-order chi connectivity index (χ1) is 43.7. The number of hydrogen-bond donors (Lipinski definition) is 14. The van der Waals surface area contributed by atoms with Crippen LogP contribution in [0, 0.1) is 0 Å². The van der Waals surface area contributed by atoms with Gasteiger partial charge in [-0.05, 0) is 0 Å². The Hall–Kier alpha value is -6.52. The lowest BCUT2D eigenvalue weighted by molar-refractivity contribution is -0.0662. The average Bonchev–Trinajstić information content (AvgIpc) is 1.64. The van der Waals surface area contributed by atoms with Gasteiger partial charge in [0.1, 0.15) is 140 Å². The highest BCUT2D eigenvalue weighted by atomic mass is 31.2. The highest BCUT2D eigenvalue weighted by molar-refractivity contribution is 7.53. The molecule has 4 aliphatic heterocycles. The molecule has 0 amide bonds. The highest BCUT2D eigenvalue weighted by Crippen LogP contribution is 2.53. The third-order valence-corrected chi connectivity index (χ3v) is 18.5. The van der Waals surface area contributed by atoms with Crippen molar-refractivity contribution in [2.24, 2.45) is 0 Å².